The van der Waals surface area contributed by atoms with Crippen molar-refractivity contribution in [2.75, 3.05) is 11.9 Å². The molecule has 4 heteroatoms. The molecule has 0 fully saturated rings. The summed E-state index contributed by atoms with van der Waals surface area (Å²) in [5.74, 6) is -1.39. The van der Waals surface area contributed by atoms with Crippen molar-refractivity contribution < 1.29 is 13.6 Å². The maximum atomic E-state index is 13.7. The van der Waals surface area contributed by atoms with E-state index in [2.05, 4.69) is 5.32 Å². The number of nitrogens with one attached hydrogen (secondary N) is 1. The highest BCUT2D eigenvalue weighted by atomic mass is 19.1. The number of para-hydroxylation sites is 1. The van der Waals surface area contributed by atoms with Crippen LogP contribution in [0, 0.1) is 11.6 Å². The van der Waals surface area contributed by atoms with Gasteiger partial charge in [-0.1, -0.05) is 18.2 Å². The van der Waals surface area contributed by atoms with Gasteiger partial charge < -0.3 is 5.32 Å². The van der Waals surface area contributed by atoms with Crippen LogP contribution in [0.3, 0.4) is 0 Å². The van der Waals surface area contributed by atoms with E-state index in [0.29, 0.717) is 13.0 Å². The van der Waals surface area contributed by atoms with Gasteiger partial charge in [0, 0.05) is 24.6 Å². The quantitative estimate of drug-likeness (QED) is 0.933. The second kappa shape index (κ2) is 5.64. The van der Waals surface area contributed by atoms with Crippen molar-refractivity contribution >= 4 is 11.5 Å². The number of rotatable bonds is 3. The molecule has 1 aliphatic heterocycles. The van der Waals surface area contributed by atoms with Crippen LogP contribution in [0.5, 0.6) is 0 Å². The predicted octanol–water partition coefficient (Wildman–Crippen LogP) is 3.68. The molecule has 2 aromatic carbocycles. The Morgan fingerprint density at radius 1 is 1.19 bits per heavy atom. The molecule has 0 radical (unpaired) electrons. The molecule has 1 unspecified atom stereocenters. The lowest BCUT2D eigenvalue weighted by Crippen LogP contribution is -2.24. The van der Waals surface area contributed by atoms with Crippen molar-refractivity contribution in [2.24, 2.45) is 0 Å². The third-order valence-electron chi connectivity index (χ3n) is 3.85. The average molecular weight is 287 g/mol. The van der Waals surface area contributed by atoms with E-state index in [0.717, 1.165) is 29.4 Å². The summed E-state index contributed by atoms with van der Waals surface area (Å²) < 4.78 is 26.9. The maximum absolute atomic E-state index is 13.7. The van der Waals surface area contributed by atoms with E-state index in [4.69, 9.17) is 0 Å². The van der Waals surface area contributed by atoms with Gasteiger partial charge in [-0.05, 0) is 41.8 Å². The minimum absolute atomic E-state index is 0.0755. The number of benzene rings is 2. The number of ketones is 1. The van der Waals surface area contributed by atoms with Gasteiger partial charge in [0.2, 0.25) is 0 Å². The fourth-order valence-electron chi connectivity index (χ4n) is 2.79. The second-order valence-corrected chi connectivity index (χ2v) is 5.23. The zero-order chi connectivity index (χ0) is 14.8. The Morgan fingerprint density at radius 3 is 2.86 bits per heavy atom. The molecule has 0 amide bonds. The van der Waals surface area contributed by atoms with E-state index in [1.165, 1.54) is 0 Å². The van der Waals surface area contributed by atoms with Gasteiger partial charge in [0.25, 0.3) is 0 Å². The first-order valence-corrected chi connectivity index (χ1v) is 6.94. The molecule has 0 aromatic heterocycles. The smallest absolute Gasteiger partial charge is 0.144 e. The van der Waals surface area contributed by atoms with Gasteiger partial charge in [-0.15, -0.1) is 0 Å². The van der Waals surface area contributed by atoms with Gasteiger partial charge in [0.15, 0.2) is 0 Å². The minimum atomic E-state index is -0.535. The van der Waals surface area contributed by atoms with Gasteiger partial charge >= 0.3 is 0 Å². The lowest BCUT2D eigenvalue weighted by molar-refractivity contribution is -0.120. The third kappa shape index (κ3) is 2.79. The molecule has 0 bridgehead atoms. The van der Waals surface area contributed by atoms with Gasteiger partial charge in [-0.3, -0.25) is 4.79 Å². The predicted molar refractivity (Wildman–Crippen MR) is 77.4 cm³/mol. The molecule has 1 N–H and O–H groups in total. The normalized spacial score (nSPS) is 17.0. The molecule has 0 saturated carbocycles. The topological polar surface area (TPSA) is 29.1 Å². The Balaban J connectivity index is 1.85. The van der Waals surface area contributed by atoms with Crippen molar-refractivity contribution in [1.82, 2.24) is 0 Å². The van der Waals surface area contributed by atoms with Gasteiger partial charge in [-0.25, -0.2) is 8.78 Å². The standard InChI is InChI=1S/C17H15F2NO/c18-12-5-6-15(19)11(9-12)10-17(21)14-7-8-20-16-4-2-1-3-13(14)16/h1-6,9,14,20H,7-8,10H2. The molecule has 0 aliphatic carbocycles. The molecule has 21 heavy (non-hydrogen) atoms. The van der Waals surface area contributed by atoms with Crippen LogP contribution < -0.4 is 5.32 Å². The molecule has 108 valence electrons. The molecule has 1 atom stereocenters. The van der Waals surface area contributed by atoms with Crippen molar-refractivity contribution in [3.8, 4) is 0 Å². The molecule has 1 aliphatic rings. The zero-order valence-corrected chi connectivity index (χ0v) is 11.4. The molecule has 3 rings (SSSR count). The number of carbonyl (C=O) groups excluding carboxylic acids is 1. The highest BCUT2D eigenvalue weighted by molar-refractivity contribution is 5.89. The molecule has 2 aromatic rings. The van der Waals surface area contributed by atoms with Crippen molar-refractivity contribution in [1.29, 1.82) is 0 Å². The van der Waals surface area contributed by atoms with Crippen LogP contribution in [0.15, 0.2) is 42.5 Å². The second-order valence-electron chi connectivity index (χ2n) is 5.23. The monoisotopic (exact) mass is 287 g/mol. The first-order chi connectivity index (χ1) is 10.1. The van der Waals surface area contributed by atoms with Crippen molar-refractivity contribution in [2.45, 2.75) is 18.8 Å². The summed E-state index contributed by atoms with van der Waals surface area (Å²) in [4.78, 5) is 12.5. The average Bonchev–Trinajstić information content (AvgIpc) is 2.50. The lowest BCUT2D eigenvalue weighted by atomic mass is 9.85. The van der Waals surface area contributed by atoms with Crippen LogP contribution in [-0.2, 0) is 11.2 Å². The van der Waals surface area contributed by atoms with E-state index >= 15 is 0 Å². The van der Waals surface area contributed by atoms with E-state index < -0.39 is 11.6 Å². The summed E-state index contributed by atoms with van der Waals surface area (Å²) in [7, 11) is 0. The Kier molecular flexibility index (Phi) is 3.69. The first kappa shape index (κ1) is 13.7. The molecule has 1 heterocycles. The van der Waals surface area contributed by atoms with Crippen molar-refractivity contribution in [3.63, 3.8) is 0 Å². The van der Waals surface area contributed by atoms with Crippen LogP contribution in [0.1, 0.15) is 23.5 Å². The highest BCUT2D eigenvalue weighted by Gasteiger charge is 2.26. The third-order valence-corrected chi connectivity index (χ3v) is 3.85. The van der Waals surface area contributed by atoms with E-state index in [-0.39, 0.29) is 23.7 Å². The molecular formula is C17H15F2NO. The highest BCUT2D eigenvalue weighted by Crippen LogP contribution is 2.32. The number of hydrogen-bond donors (Lipinski definition) is 1. The van der Waals surface area contributed by atoms with Crippen LogP contribution in [0.25, 0.3) is 0 Å². The van der Waals surface area contributed by atoms with Gasteiger partial charge in [0.05, 0.1) is 0 Å². The number of halogens is 2. The Bertz CT molecular complexity index is 684. The number of hydrogen-bond acceptors (Lipinski definition) is 2. The lowest BCUT2D eigenvalue weighted by Gasteiger charge is -2.25. The van der Waals surface area contributed by atoms with E-state index in [9.17, 15) is 13.6 Å². The molecule has 2 nitrogen and oxygen atoms in total. The summed E-state index contributed by atoms with van der Waals surface area (Å²) in [6.45, 7) is 0.707. The van der Waals surface area contributed by atoms with Gasteiger partial charge in [0.1, 0.15) is 17.4 Å². The van der Waals surface area contributed by atoms with Crippen LogP contribution >= 0.6 is 0 Å². The van der Waals surface area contributed by atoms with Crippen LogP contribution in [-0.4, -0.2) is 12.3 Å². The number of fused-ring (bicyclic) bond motifs is 1. The minimum Gasteiger partial charge on any atom is -0.385 e. The molecule has 0 spiro atoms. The van der Waals surface area contributed by atoms with E-state index in [1.807, 2.05) is 24.3 Å². The molecule has 0 saturated heterocycles. The Morgan fingerprint density at radius 2 is 2.00 bits per heavy atom. The SMILES string of the molecule is O=C(Cc1cc(F)ccc1F)C1CCNc2ccccc21. The largest absolute Gasteiger partial charge is 0.385 e. The zero-order valence-electron chi connectivity index (χ0n) is 11.4. The van der Waals surface area contributed by atoms with Gasteiger partial charge in [-0.2, -0.15) is 0 Å². The van der Waals surface area contributed by atoms with Crippen LogP contribution in [0.2, 0.25) is 0 Å². The summed E-state index contributed by atoms with van der Waals surface area (Å²) >= 11 is 0. The summed E-state index contributed by atoms with van der Waals surface area (Å²) in [5, 5.41) is 3.25. The maximum Gasteiger partial charge on any atom is 0.144 e. The summed E-state index contributed by atoms with van der Waals surface area (Å²) in [5.41, 5.74) is 2.00. The number of anilines is 1. The van der Waals surface area contributed by atoms with Crippen LogP contribution in [0.4, 0.5) is 14.5 Å². The Hall–Kier alpha value is -2.23. The summed E-state index contributed by atoms with van der Waals surface area (Å²) in [6, 6.07) is 10.8. The Labute approximate surface area is 121 Å². The fourth-order valence-corrected chi connectivity index (χ4v) is 2.79. The molecular weight excluding hydrogens is 272 g/mol. The first-order valence-electron chi connectivity index (χ1n) is 6.94. The summed E-state index contributed by atoms with van der Waals surface area (Å²) in [6.07, 6.45) is 0.593. The number of carbonyl (C=O) groups is 1. The number of Topliss-reactive ketones (excluding diaryl/α,β-unsaturated/α-hetero) is 1. The fraction of sp³-hybridized carbons (Fsp3) is 0.235. The van der Waals surface area contributed by atoms with E-state index in [1.54, 1.807) is 0 Å². The van der Waals surface area contributed by atoms with Crippen molar-refractivity contribution in [3.05, 3.63) is 65.2 Å².